The zero-order valence-corrected chi connectivity index (χ0v) is 65.4. The topological polar surface area (TPSA) is 355 Å². The van der Waals surface area contributed by atoms with Crippen LogP contribution in [-0.4, -0.2) is 163 Å². The first kappa shape index (κ1) is 79.1. The lowest BCUT2D eigenvalue weighted by Gasteiger charge is -2.42. The third kappa shape index (κ3) is 18.9. The summed E-state index contributed by atoms with van der Waals surface area (Å²) in [4.78, 5) is 146. The molecule has 594 valence electrons. The quantitative estimate of drug-likeness (QED) is 0.0242. The molecule has 0 aliphatic carbocycles. The molecule has 0 bridgehead atoms. The van der Waals surface area contributed by atoms with Crippen LogP contribution in [0.25, 0.3) is 20.4 Å². The molecular formula is C83H86N16O14S2. The van der Waals surface area contributed by atoms with Crippen molar-refractivity contribution in [3.8, 4) is 11.5 Å². The smallest absolute Gasteiger partial charge is 0.416 e. The van der Waals surface area contributed by atoms with Gasteiger partial charge in [0.1, 0.15) is 18.1 Å². The third-order valence-electron chi connectivity index (χ3n) is 20.0. The molecule has 3 fully saturated rings. The van der Waals surface area contributed by atoms with E-state index in [0.717, 1.165) is 66.5 Å². The summed E-state index contributed by atoms with van der Waals surface area (Å²) < 4.78 is 34.9. The molecule has 9 amide bonds. The third-order valence-corrected chi connectivity index (χ3v) is 21.9. The van der Waals surface area contributed by atoms with Gasteiger partial charge in [0.25, 0.3) is 35.4 Å². The molecule has 2 unspecified atom stereocenters. The van der Waals surface area contributed by atoms with E-state index < -0.39 is 36.5 Å². The second-order valence-corrected chi connectivity index (χ2v) is 30.4. The highest BCUT2D eigenvalue weighted by Crippen LogP contribution is 2.41. The highest BCUT2D eigenvalue weighted by molar-refractivity contribution is 7.22. The number of anilines is 7. The van der Waals surface area contributed by atoms with Crippen molar-refractivity contribution in [2.24, 2.45) is 19.1 Å². The predicted octanol–water partition coefficient (Wildman–Crippen LogP) is 14.0. The van der Waals surface area contributed by atoms with Gasteiger partial charge in [-0.05, 0) is 168 Å². The van der Waals surface area contributed by atoms with Crippen LogP contribution >= 0.6 is 22.7 Å². The summed E-state index contributed by atoms with van der Waals surface area (Å²) in [6.07, 6.45) is 13.2. The van der Waals surface area contributed by atoms with Crippen molar-refractivity contribution in [2.75, 3.05) is 76.3 Å². The first-order valence-corrected chi connectivity index (χ1v) is 39.8. The van der Waals surface area contributed by atoms with Gasteiger partial charge in [-0.1, -0.05) is 71.7 Å². The molecule has 5 aliphatic heterocycles. The van der Waals surface area contributed by atoms with Gasteiger partial charge in [-0.15, -0.1) is 0 Å². The number of nitrogens with zero attached hydrogens (tertiary/aromatic N) is 10. The van der Waals surface area contributed by atoms with E-state index >= 15 is 0 Å². The van der Waals surface area contributed by atoms with E-state index in [1.165, 1.54) is 49.0 Å². The number of amides is 9. The van der Waals surface area contributed by atoms with Crippen LogP contribution in [0.2, 0.25) is 0 Å². The number of rotatable bonds is 24. The summed E-state index contributed by atoms with van der Waals surface area (Å²) >= 11 is 2.53. The maximum atomic E-state index is 14.2. The molecule has 0 saturated carbocycles. The van der Waals surface area contributed by atoms with Crippen LogP contribution in [0.4, 0.5) is 49.4 Å². The van der Waals surface area contributed by atoms with Gasteiger partial charge in [-0.2, -0.15) is 0 Å². The van der Waals surface area contributed by atoms with Crippen molar-refractivity contribution in [2.45, 2.75) is 122 Å². The van der Waals surface area contributed by atoms with Gasteiger partial charge in [0, 0.05) is 99.9 Å². The molecule has 6 N–H and O–H groups in total. The van der Waals surface area contributed by atoms with E-state index in [2.05, 4.69) is 63.4 Å². The average molecular weight is 1600 g/mol. The van der Waals surface area contributed by atoms with Crippen molar-refractivity contribution in [3.63, 3.8) is 0 Å². The molecule has 3 saturated heterocycles. The Hall–Kier alpha value is -12.5. The Bertz CT molecular complexity index is 5390. The Morgan fingerprint density at radius 2 is 1.10 bits per heavy atom. The van der Waals surface area contributed by atoms with Gasteiger partial charge in [-0.25, -0.2) is 29.6 Å². The second-order valence-electron chi connectivity index (χ2n) is 28.3. The highest BCUT2D eigenvalue weighted by Gasteiger charge is 2.47. The van der Waals surface area contributed by atoms with Crippen LogP contribution in [0.5, 0.6) is 11.5 Å². The molecule has 15 rings (SSSR count). The number of benzene rings is 6. The Morgan fingerprint density at radius 1 is 0.574 bits per heavy atom. The number of hydrogen-bond donors (Lipinski definition) is 6. The number of aromatic nitrogens is 6. The number of aryl methyl sites for hydroxylation is 4. The summed E-state index contributed by atoms with van der Waals surface area (Å²) in [5, 5.41) is 17.4. The zero-order chi connectivity index (χ0) is 80.2. The van der Waals surface area contributed by atoms with Crippen molar-refractivity contribution in [1.29, 1.82) is 0 Å². The number of thiazole rings is 2. The van der Waals surface area contributed by atoms with Crippen molar-refractivity contribution < 1.29 is 66.8 Å². The SMILES string of the molecule is C=CCOC(=O)N1c2cc(OCCCC(=O)Nc3cn(C)c(C(=O)Nc4nc5cc(C(=O)Nc6ccccc6)ccc5s4)n3)c(C)cc2C(=O)N2CCCC[C@H]2C1OC1CCCCO1.Cc1cc2c(cc1OCCCC(=O)Nc1cn(C)c(C(=O)Nc3nc4cc(C(=O)Nc5ccccc5)ccc4s3)n1)N=C[C@@H]1CCCCN1C2=O. The number of fused-ring (bicyclic) bond motifs is 6. The molecule has 4 aromatic heterocycles. The number of ether oxygens (including phenoxy) is 5. The van der Waals surface area contributed by atoms with Gasteiger partial charge in [-0.3, -0.25) is 54.0 Å². The molecule has 32 heteroatoms. The number of aliphatic imine (C=N–C) groups is 1. The minimum atomic E-state index is -0.870. The highest BCUT2D eigenvalue weighted by atomic mass is 32.1. The van der Waals surface area contributed by atoms with E-state index in [4.69, 9.17) is 23.7 Å². The van der Waals surface area contributed by atoms with E-state index in [9.17, 15) is 43.2 Å². The Kier molecular flexibility index (Phi) is 24.8. The summed E-state index contributed by atoms with van der Waals surface area (Å²) in [6, 6.07) is 35.3. The summed E-state index contributed by atoms with van der Waals surface area (Å²) in [7, 11) is 3.30. The molecule has 6 aromatic carbocycles. The molecule has 30 nitrogen and oxygen atoms in total. The molecular weight excluding hydrogens is 1510 g/mol. The first-order valence-electron chi connectivity index (χ1n) is 38.2. The normalized spacial score (nSPS) is 16.9. The van der Waals surface area contributed by atoms with Crippen LogP contribution in [0.1, 0.15) is 157 Å². The van der Waals surface area contributed by atoms with E-state index in [1.54, 1.807) is 104 Å². The van der Waals surface area contributed by atoms with Crippen LogP contribution in [-0.2, 0) is 37.9 Å². The monoisotopic (exact) mass is 1590 g/mol. The molecule has 9 heterocycles. The number of nitrogens with one attached hydrogen (secondary N) is 6. The fourth-order valence-electron chi connectivity index (χ4n) is 14.2. The number of piperidine rings is 2. The summed E-state index contributed by atoms with van der Waals surface area (Å²) in [5.41, 5.74) is 6.70. The minimum absolute atomic E-state index is 0.00551. The maximum Gasteiger partial charge on any atom is 0.416 e. The molecule has 5 aliphatic rings. The Morgan fingerprint density at radius 3 is 1.66 bits per heavy atom. The number of carbonyl (C=O) groups is 9. The van der Waals surface area contributed by atoms with Gasteiger partial charge in [0.15, 0.2) is 34.4 Å². The van der Waals surface area contributed by atoms with Crippen LogP contribution in [0.15, 0.2) is 151 Å². The van der Waals surface area contributed by atoms with Crippen molar-refractivity contribution in [1.82, 2.24) is 38.9 Å². The van der Waals surface area contributed by atoms with Gasteiger partial charge in [0.2, 0.25) is 23.5 Å². The van der Waals surface area contributed by atoms with Crippen molar-refractivity contribution >= 4 is 147 Å². The number of para-hydroxylation sites is 2. The lowest BCUT2D eigenvalue weighted by Crippen LogP contribution is -2.57. The van der Waals surface area contributed by atoms with Crippen LogP contribution in [0.3, 0.4) is 0 Å². The van der Waals surface area contributed by atoms with E-state index in [-0.39, 0.29) is 97.4 Å². The van der Waals surface area contributed by atoms with Crippen LogP contribution < -0.4 is 46.3 Å². The number of imidazole rings is 2. The van der Waals surface area contributed by atoms with Crippen molar-refractivity contribution in [3.05, 3.63) is 191 Å². The first-order chi connectivity index (χ1) is 55.8. The fraction of sp³-hybridized carbons (Fsp3) is 0.325. The minimum Gasteiger partial charge on any atom is -0.493 e. The Balaban J connectivity index is 0.000000195. The maximum absolute atomic E-state index is 14.2. The summed E-state index contributed by atoms with van der Waals surface area (Å²) in [6.45, 7) is 9.63. The zero-order valence-electron chi connectivity index (χ0n) is 63.8. The van der Waals surface area contributed by atoms with Gasteiger partial charge >= 0.3 is 6.09 Å². The molecule has 115 heavy (non-hydrogen) atoms. The largest absolute Gasteiger partial charge is 0.493 e. The van der Waals surface area contributed by atoms with Gasteiger partial charge in [0.05, 0.1) is 68.2 Å². The average Bonchev–Trinajstić information content (AvgIpc) is 1.63. The van der Waals surface area contributed by atoms with E-state index in [0.29, 0.717) is 122 Å². The number of carbonyl (C=O) groups excluding carboxylic acids is 9. The Labute approximate surface area is 669 Å². The molecule has 4 atom stereocenters. The van der Waals surface area contributed by atoms with Crippen LogP contribution in [0, 0.1) is 13.8 Å². The molecule has 10 aromatic rings. The predicted molar refractivity (Wildman–Crippen MR) is 437 cm³/mol. The lowest BCUT2D eigenvalue weighted by molar-refractivity contribution is -0.198. The second kappa shape index (κ2) is 36.1. The fourth-order valence-corrected chi connectivity index (χ4v) is 15.9. The standard InChI is InChI=1S/C46H50N8O9S.C37H36N8O5S/c1-4-21-62-46(59)54-34-26-35(28(2)24-31(34)43(58)53-20-10-8-15-33(53)44(54)63-39-17-9-11-22-61-39)60-23-12-16-38(55)49-37-27-52(3)40(50-37)42(57)51-45-48-32-25-29(18-19-36(32)64-45)41(56)47-30-13-6-5-7-14-30;1-22-17-26-27(38-20-25-11-6-7-15-45(25)36(26)49)19-29(22)50-16-8-12-32(46)41-31-21-44(2)33(42-31)35(48)43-37-40-28-18-23(13-14-30(28)51-37)34(47)39-24-9-4-3-5-10-24/h4-7,13-14,18-19,24-27,33,39,44H,1,8-12,15-17,20-23H2,2-3H3,(H,47,56)(H,49,55)(H,48,51,57);3-5,9-10,13-14,17-21,25H,6-8,11-12,15-16H2,1-2H3,(H,39,47)(H,41,46)(H,40,43,48)/t33-,39?,44?;25-/m00/s1. The number of hydrogen-bond acceptors (Lipinski definition) is 21. The van der Waals surface area contributed by atoms with Gasteiger partial charge < -0.3 is 63.9 Å². The summed E-state index contributed by atoms with van der Waals surface area (Å²) in [5.74, 6) is -0.732. The lowest BCUT2D eigenvalue weighted by atomic mass is 10.00. The van der Waals surface area contributed by atoms with E-state index in [1.807, 2.05) is 67.4 Å². The molecule has 0 spiro atoms. The molecule has 0 radical (unpaired) electrons.